The van der Waals surface area contributed by atoms with Crippen molar-refractivity contribution in [3.8, 4) is 0 Å². The molecule has 2 heterocycles. The van der Waals surface area contributed by atoms with Crippen molar-refractivity contribution in [3.05, 3.63) is 12.2 Å². The highest BCUT2D eigenvalue weighted by Gasteiger charge is 2.82. The summed E-state index contributed by atoms with van der Waals surface area (Å²) in [5.74, 6) is -0.140. The van der Waals surface area contributed by atoms with Gasteiger partial charge in [0, 0.05) is 17.9 Å². The Hall–Kier alpha value is -1.36. The summed E-state index contributed by atoms with van der Waals surface area (Å²) in [6.45, 7) is 14.7. The minimum absolute atomic E-state index is 0.142. The number of carbonyl (C=O) groups is 2. The van der Waals surface area contributed by atoms with Crippen LogP contribution < -0.4 is 0 Å². The highest BCUT2D eigenvalue weighted by molar-refractivity contribution is 6.10. The monoisotopic (exact) mass is 349 g/mol. The van der Waals surface area contributed by atoms with Gasteiger partial charge in [0.2, 0.25) is 0 Å². The number of esters is 1. The standard InChI is InChI=1S/C20H31NO4/c1-7-24-17(23)20-16(22)21(11-10-13(2)3)19(25-20)12-14(4)8-9-15(19)18(20,5)6/h14-15H,2,7-12H2,1,3-6H3/t14-,15+,19+,20-/m0/s1. The number of nitrogens with zero attached hydrogens (tertiary/aromatic N) is 1. The molecule has 0 aromatic heterocycles. The first-order valence-electron chi connectivity index (χ1n) is 9.47. The van der Waals surface area contributed by atoms with Crippen LogP contribution in [-0.2, 0) is 19.1 Å². The Kier molecular flexibility index (Phi) is 4.30. The van der Waals surface area contributed by atoms with Crippen molar-refractivity contribution < 1.29 is 19.1 Å². The second-order valence-electron chi connectivity index (χ2n) is 8.67. The minimum atomic E-state index is -1.51. The van der Waals surface area contributed by atoms with Crippen LogP contribution in [0.5, 0.6) is 0 Å². The third-order valence-corrected chi connectivity index (χ3v) is 6.57. The van der Waals surface area contributed by atoms with Gasteiger partial charge in [-0.05, 0) is 39.0 Å². The number of hydrogen-bond acceptors (Lipinski definition) is 4. The number of rotatable bonds is 5. The van der Waals surface area contributed by atoms with Gasteiger partial charge in [0.1, 0.15) is 5.72 Å². The molecule has 2 saturated heterocycles. The lowest BCUT2D eigenvalue weighted by atomic mass is 9.58. The molecule has 1 amide bonds. The number of likely N-dealkylation sites (tertiary alicyclic amines) is 1. The lowest BCUT2D eigenvalue weighted by Gasteiger charge is -2.52. The van der Waals surface area contributed by atoms with Gasteiger partial charge >= 0.3 is 5.97 Å². The Balaban J connectivity index is 2.09. The third kappa shape index (κ3) is 2.24. The van der Waals surface area contributed by atoms with E-state index >= 15 is 0 Å². The Morgan fingerprint density at radius 2 is 2.08 bits per heavy atom. The van der Waals surface area contributed by atoms with Gasteiger partial charge in [0.15, 0.2) is 0 Å². The van der Waals surface area contributed by atoms with Crippen molar-refractivity contribution in [2.24, 2.45) is 17.3 Å². The molecule has 3 fully saturated rings. The molecule has 2 bridgehead atoms. The molecule has 5 heteroatoms. The maximum Gasteiger partial charge on any atom is 0.349 e. The van der Waals surface area contributed by atoms with Crippen molar-refractivity contribution in [1.82, 2.24) is 4.90 Å². The zero-order chi connectivity index (χ0) is 18.6. The van der Waals surface area contributed by atoms with E-state index in [-0.39, 0.29) is 18.4 Å². The first kappa shape index (κ1) is 18.4. The lowest BCUT2D eigenvalue weighted by Crippen LogP contribution is -2.66. The maximum atomic E-state index is 13.5. The maximum absolute atomic E-state index is 13.5. The number of fused-ring (bicyclic) bond motifs is 1. The fourth-order valence-corrected chi connectivity index (χ4v) is 5.35. The number of piperidine rings is 1. The molecule has 1 spiro atoms. The van der Waals surface area contributed by atoms with Crippen molar-refractivity contribution in [3.63, 3.8) is 0 Å². The molecule has 0 aromatic rings. The SMILES string of the molecule is C=C(C)CCN1C(=O)[C@@]2(C(=O)OCC)O[C@@]13C[C@@H](C)CC[C@@H]3C2(C)C. The second-order valence-corrected chi connectivity index (χ2v) is 8.67. The average molecular weight is 349 g/mol. The fourth-order valence-electron chi connectivity index (χ4n) is 5.35. The Morgan fingerprint density at radius 3 is 2.68 bits per heavy atom. The van der Waals surface area contributed by atoms with Crippen LogP contribution >= 0.6 is 0 Å². The quantitative estimate of drug-likeness (QED) is 0.434. The molecule has 4 atom stereocenters. The summed E-state index contributed by atoms with van der Waals surface area (Å²) in [6.07, 6.45) is 3.56. The molecule has 2 aliphatic heterocycles. The van der Waals surface area contributed by atoms with E-state index in [9.17, 15) is 9.59 Å². The van der Waals surface area contributed by atoms with Crippen molar-refractivity contribution in [1.29, 1.82) is 0 Å². The van der Waals surface area contributed by atoms with Crippen LogP contribution in [0.25, 0.3) is 0 Å². The third-order valence-electron chi connectivity index (χ3n) is 6.57. The molecule has 5 nitrogen and oxygen atoms in total. The van der Waals surface area contributed by atoms with Gasteiger partial charge in [0.25, 0.3) is 11.5 Å². The number of amides is 1. The van der Waals surface area contributed by atoms with E-state index in [1.807, 2.05) is 25.7 Å². The average Bonchev–Trinajstić information content (AvgIpc) is 2.87. The number of carbonyl (C=O) groups excluding carboxylic acids is 2. The highest BCUT2D eigenvalue weighted by Crippen LogP contribution is 2.67. The Labute approximate surface area is 150 Å². The van der Waals surface area contributed by atoms with Crippen LogP contribution in [0.2, 0.25) is 0 Å². The van der Waals surface area contributed by atoms with Crippen LogP contribution in [0.15, 0.2) is 12.2 Å². The summed E-state index contributed by atoms with van der Waals surface area (Å²) in [5, 5.41) is 0. The summed E-state index contributed by atoms with van der Waals surface area (Å²) in [5.41, 5.74) is -1.74. The minimum Gasteiger partial charge on any atom is -0.463 e. The molecule has 0 aromatic carbocycles. The predicted molar refractivity (Wildman–Crippen MR) is 94.6 cm³/mol. The van der Waals surface area contributed by atoms with E-state index in [2.05, 4.69) is 13.5 Å². The van der Waals surface area contributed by atoms with Crippen molar-refractivity contribution in [2.45, 2.75) is 71.6 Å². The molecule has 0 N–H and O–H groups in total. The summed E-state index contributed by atoms with van der Waals surface area (Å²) in [6, 6.07) is 0. The molecule has 0 radical (unpaired) electrons. The summed E-state index contributed by atoms with van der Waals surface area (Å²) in [7, 11) is 0. The molecule has 0 unspecified atom stereocenters. The van der Waals surface area contributed by atoms with Crippen LogP contribution in [0, 0.1) is 17.3 Å². The van der Waals surface area contributed by atoms with Crippen LogP contribution in [0.4, 0.5) is 0 Å². The van der Waals surface area contributed by atoms with Gasteiger partial charge in [-0.1, -0.05) is 32.8 Å². The molecule has 1 aliphatic carbocycles. The molecule has 140 valence electrons. The first-order chi connectivity index (χ1) is 11.6. The van der Waals surface area contributed by atoms with Gasteiger partial charge in [-0.15, -0.1) is 6.58 Å². The van der Waals surface area contributed by atoms with E-state index in [4.69, 9.17) is 9.47 Å². The predicted octanol–water partition coefficient (Wildman–Crippen LogP) is 3.29. The Bertz CT molecular complexity index is 613. The zero-order valence-electron chi connectivity index (χ0n) is 16.2. The van der Waals surface area contributed by atoms with E-state index in [0.717, 1.165) is 31.3 Å². The zero-order valence-corrected chi connectivity index (χ0v) is 16.2. The van der Waals surface area contributed by atoms with Gasteiger partial charge in [0.05, 0.1) is 6.61 Å². The van der Waals surface area contributed by atoms with E-state index < -0.39 is 22.7 Å². The van der Waals surface area contributed by atoms with E-state index in [1.54, 1.807) is 6.92 Å². The highest BCUT2D eigenvalue weighted by atomic mass is 16.6. The normalized spacial score (nSPS) is 38.6. The second kappa shape index (κ2) is 5.83. The van der Waals surface area contributed by atoms with E-state index in [1.165, 1.54) is 0 Å². The van der Waals surface area contributed by atoms with Crippen LogP contribution in [0.3, 0.4) is 0 Å². The molecular weight excluding hydrogens is 318 g/mol. The topological polar surface area (TPSA) is 55.8 Å². The number of hydrogen-bond donors (Lipinski definition) is 0. The smallest absolute Gasteiger partial charge is 0.349 e. The summed E-state index contributed by atoms with van der Waals surface area (Å²) < 4.78 is 11.8. The molecule has 25 heavy (non-hydrogen) atoms. The fraction of sp³-hybridized carbons (Fsp3) is 0.800. The summed E-state index contributed by atoms with van der Waals surface area (Å²) >= 11 is 0. The van der Waals surface area contributed by atoms with Crippen LogP contribution in [-0.4, -0.2) is 41.3 Å². The molecular formula is C20H31NO4. The number of ether oxygens (including phenoxy) is 2. The lowest BCUT2D eigenvalue weighted by molar-refractivity contribution is -0.180. The summed E-state index contributed by atoms with van der Waals surface area (Å²) in [4.78, 5) is 28.2. The van der Waals surface area contributed by atoms with Gasteiger partial charge in [-0.3, -0.25) is 4.79 Å². The largest absolute Gasteiger partial charge is 0.463 e. The molecule has 1 saturated carbocycles. The van der Waals surface area contributed by atoms with Gasteiger partial charge < -0.3 is 14.4 Å². The Morgan fingerprint density at radius 1 is 1.40 bits per heavy atom. The van der Waals surface area contributed by atoms with Crippen LogP contribution in [0.1, 0.15) is 60.3 Å². The molecule has 3 aliphatic rings. The van der Waals surface area contributed by atoms with Crippen molar-refractivity contribution in [2.75, 3.05) is 13.2 Å². The van der Waals surface area contributed by atoms with Gasteiger partial charge in [-0.25, -0.2) is 4.79 Å². The van der Waals surface area contributed by atoms with E-state index in [0.29, 0.717) is 12.5 Å². The van der Waals surface area contributed by atoms with Gasteiger partial charge in [-0.2, -0.15) is 0 Å². The first-order valence-corrected chi connectivity index (χ1v) is 9.47. The van der Waals surface area contributed by atoms with Crippen molar-refractivity contribution >= 4 is 11.9 Å². The molecule has 3 rings (SSSR count).